The SMILES string of the molecule is CC1Cc2ccc(O)cc2CN(CC(F)(F)F)C1=O. The molecule has 6 heteroatoms. The summed E-state index contributed by atoms with van der Waals surface area (Å²) in [4.78, 5) is 12.7. The first-order valence-electron chi connectivity index (χ1n) is 5.92. The van der Waals surface area contributed by atoms with Gasteiger partial charge in [-0.25, -0.2) is 0 Å². The van der Waals surface area contributed by atoms with Crippen LogP contribution >= 0.6 is 0 Å². The molecular formula is C13H14F3NO2. The van der Waals surface area contributed by atoms with Gasteiger partial charge in [0.05, 0.1) is 0 Å². The molecule has 104 valence electrons. The standard InChI is InChI=1S/C13H14F3NO2/c1-8-4-9-2-3-11(18)5-10(9)6-17(12(8)19)7-13(14,15)16/h2-3,5,8,18H,4,6-7H2,1H3. The fourth-order valence-electron chi connectivity index (χ4n) is 2.32. The Labute approximate surface area is 108 Å². The van der Waals surface area contributed by atoms with Crippen LogP contribution in [-0.4, -0.2) is 28.6 Å². The summed E-state index contributed by atoms with van der Waals surface area (Å²) in [6, 6.07) is 4.56. The van der Waals surface area contributed by atoms with Crippen LogP contribution in [0.2, 0.25) is 0 Å². The lowest BCUT2D eigenvalue weighted by Crippen LogP contribution is -2.40. The minimum absolute atomic E-state index is 0.00675. The number of phenolic OH excluding ortho intramolecular Hbond substituents is 1. The smallest absolute Gasteiger partial charge is 0.406 e. The molecule has 0 aliphatic carbocycles. The first-order chi connectivity index (χ1) is 8.76. The normalized spacial score (nSPS) is 20.1. The number of fused-ring (bicyclic) bond motifs is 1. The van der Waals surface area contributed by atoms with Crippen LogP contribution in [0.25, 0.3) is 0 Å². The van der Waals surface area contributed by atoms with Gasteiger partial charge < -0.3 is 10.0 Å². The summed E-state index contributed by atoms with van der Waals surface area (Å²) in [7, 11) is 0. The Kier molecular flexibility index (Phi) is 3.43. The molecule has 1 amide bonds. The maximum Gasteiger partial charge on any atom is 0.406 e. The molecule has 1 atom stereocenters. The number of hydrogen-bond acceptors (Lipinski definition) is 2. The van der Waals surface area contributed by atoms with E-state index in [2.05, 4.69) is 0 Å². The van der Waals surface area contributed by atoms with E-state index in [1.807, 2.05) is 0 Å². The molecule has 0 aromatic heterocycles. The molecule has 2 rings (SSSR count). The molecule has 0 fully saturated rings. The van der Waals surface area contributed by atoms with Crippen molar-refractivity contribution in [3.05, 3.63) is 29.3 Å². The summed E-state index contributed by atoms with van der Waals surface area (Å²) in [5.74, 6) is -1.01. The zero-order valence-corrected chi connectivity index (χ0v) is 10.4. The Bertz CT molecular complexity index is 499. The number of nitrogens with zero attached hydrogens (tertiary/aromatic N) is 1. The quantitative estimate of drug-likeness (QED) is 0.854. The Morgan fingerprint density at radius 3 is 2.68 bits per heavy atom. The second-order valence-electron chi connectivity index (χ2n) is 4.87. The van der Waals surface area contributed by atoms with E-state index >= 15 is 0 Å². The van der Waals surface area contributed by atoms with E-state index in [1.165, 1.54) is 12.1 Å². The third kappa shape index (κ3) is 3.19. The number of amides is 1. The van der Waals surface area contributed by atoms with Gasteiger partial charge in [0, 0.05) is 12.5 Å². The molecular weight excluding hydrogens is 259 g/mol. The minimum atomic E-state index is -4.42. The molecule has 3 nitrogen and oxygen atoms in total. The van der Waals surface area contributed by atoms with Gasteiger partial charge >= 0.3 is 6.18 Å². The van der Waals surface area contributed by atoms with Gasteiger partial charge in [-0.3, -0.25) is 4.79 Å². The van der Waals surface area contributed by atoms with Crippen molar-refractivity contribution in [1.29, 1.82) is 0 Å². The lowest BCUT2D eigenvalue weighted by atomic mass is 9.98. The van der Waals surface area contributed by atoms with Crippen molar-refractivity contribution >= 4 is 5.91 Å². The van der Waals surface area contributed by atoms with Crippen molar-refractivity contribution in [2.45, 2.75) is 26.1 Å². The molecule has 1 aromatic carbocycles. The number of hydrogen-bond donors (Lipinski definition) is 1. The topological polar surface area (TPSA) is 40.5 Å². The number of carbonyl (C=O) groups is 1. The summed E-state index contributed by atoms with van der Waals surface area (Å²) in [5.41, 5.74) is 1.38. The van der Waals surface area contributed by atoms with Crippen molar-refractivity contribution in [1.82, 2.24) is 4.90 Å². The third-order valence-corrected chi connectivity index (χ3v) is 3.18. The maximum absolute atomic E-state index is 12.5. The number of carbonyl (C=O) groups excluding carboxylic acids is 1. The van der Waals surface area contributed by atoms with E-state index in [4.69, 9.17) is 0 Å². The lowest BCUT2D eigenvalue weighted by molar-refractivity contribution is -0.164. The van der Waals surface area contributed by atoms with E-state index < -0.39 is 24.5 Å². The number of benzene rings is 1. The summed E-state index contributed by atoms with van der Waals surface area (Å²) in [6.45, 7) is 0.241. The lowest BCUT2D eigenvalue weighted by Gasteiger charge is -2.24. The van der Waals surface area contributed by atoms with E-state index in [9.17, 15) is 23.1 Å². The molecule has 0 bridgehead atoms. The molecule has 1 aliphatic heterocycles. The highest BCUT2D eigenvalue weighted by molar-refractivity contribution is 5.79. The van der Waals surface area contributed by atoms with Crippen molar-refractivity contribution in [2.75, 3.05) is 6.54 Å². The fourth-order valence-corrected chi connectivity index (χ4v) is 2.32. The van der Waals surface area contributed by atoms with Crippen LogP contribution in [0.1, 0.15) is 18.1 Å². The Hall–Kier alpha value is -1.72. The Balaban J connectivity index is 2.33. The van der Waals surface area contributed by atoms with Crippen LogP contribution < -0.4 is 0 Å². The van der Waals surface area contributed by atoms with E-state index in [1.54, 1.807) is 13.0 Å². The van der Waals surface area contributed by atoms with Crippen LogP contribution in [0, 0.1) is 5.92 Å². The van der Waals surface area contributed by atoms with Gasteiger partial charge in [0.25, 0.3) is 0 Å². The van der Waals surface area contributed by atoms with Crippen LogP contribution in [0.5, 0.6) is 5.75 Å². The zero-order valence-electron chi connectivity index (χ0n) is 10.4. The highest BCUT2D eigenvalue weighted by atomic mass is 19.4. The van der Waals surface area contributed by atoms with Crippen LogP contribution in [0.15, 0.2) is 18.2 Å². The van der Waals surface area contributed by atoms with Gasteiger partial charge in [-0.1, -0.05) is 13.0 Å². The largest absolute Gasteiger partial charge is 0.508 e. The average molecular weight is 273 g/mol. The number of aromatic hydroxyl groups is 1. The Morgan fingerprint density at radius 1 is 1.37 bits per heavy atom. The predicted octanol–water partition coefficient (Wildman–Crippen LogP) is 2.48. The third-order valence-electron chi connectivity index (χ3n) is 3.18. The van der Waals surface area contributed by atoms with Gasteiger partial charge in [-0.05, 0) is 29.7 Å². The van der Waals surface area contributed by atoms with Gasteiger partial charge in [-0.15, -0.1) is 0 Å². The van der Waals surface area contributed by atoms with Crippen molar-refractivity contribution in [2.24, 2.45) is 5.92 Å². The van der Waals surface area contributed by atoms with E-state index in [0.717, 1.165) is 10.5 Å². The molecule has 1 N–H and O–H groups in total. The summed E-state index contributed by atoms with van der Waals surface area (Å²) >= 11 is 0. The summed E-state index contributed by atoms with van der Waals surface area (Å²) in [5, 5.41) is 9.41. The monoisotopic (exact) mass is 273 g/mol. The van der Waals surface area contributed by atoms with Gasteiger partial charge in [0.2, 0.25) is 5.91 Å². The first kappa shape index (κ1) is 13.7. The zero-order chi connectivity index (χ0) is 14.2. The summed E-state index contributed by atoms with van der Waals surface area (Å²) in [6.07, 6.45) is -4.03. The average Bonchev–Trinajstić information content (AvgIpc) is 2.38. The number of rotatable bonds is 1. The van der Waals surface area contributed by atoms with Crippen molar-refractivity contribution in [3.63, 3.8) is 0 Å². The van der Waals surface area contributed by atoms with Crippen LogP contribution in [-0.2, 0) is 17.8 Å². The van der Waals surface area contributed by atoms with E-state index in [-0.39, 0.29) is 12.3 Å². The number of phenols is 1. The number of halogens is 3. The number of alkyl halides is 3. The predicted molar refractivity (Wildman–Crippen MR) is 62.4 cm³/mol. The molecule has 19 heavy (non-hydrogen) atoms. The molecule has 0 radical (unpaired) electrons. The first-order valence-corrected chi connectivity index (χ1v) is 5.92. The molecule has 1 aromatic rings. The Morgan fingerprint density at radius 2 is 2.05 bits per heavy atom. The molecule has 0 saturated heterocycles. The molecule has 1 unspecified atom stereocenters. The summed E-state index contributed by atoms with van der Waals surface area (Å²) < 4.78 is 37.5. The fraction of sp³-hybridized carbons (Fsp3) is 0.462. The maximum atomic E-state index is 12.5. The van der Waals surface area contributed by atoms with Gasteiger partial charge in [-0.2, -0.15) is 13.2 Å². The van der Waals surface area contributed by atoms with Crippen LogP contribution in [0.3, 0.4) is 0 Å². The van der Waals surface area contributed by atoms with Crippen molar-refractivity contribution < 1.29 is 23.1 Å². The molecule has 0 spiro atoms. The highest BCUT2D eigenvalue weighted by Gasteiger charge is 2.36. The van der Waals surface area contributed by atoms with Crippen LogP contribution in [0.4, 0.5) is 13.2 Å². The second kappa shape index (κ2) is 4.75. The van der Waals surface area contributed by atoms with Gasteiger partial charge in [0.15, 0.2) is 0 Å². The van der Waals surface area contributed by atoms with E-state index in [0.29, 0.717) is 12.0 Å². The van der Waals surface area contributed by atoms with Crippen molar-refractivity contribution in [3.8, 4) is 5.75 Å². The molecule has 1 heterocycles. The molecule has 1 aliphatic rings. The second-order valence-corrected chi connectivity index (χ2v) is 4.87. The van der Waals surface area contributed by atoms with Gasteiger partial charge in [0.1, 0.15) is 12.3 Å². The minimum Gasteiger partial charge on any atom is -0.508 e. The molecule has 0 saturated carbocycles. The highest BCUT2D eigenvalue weighted by Crippen LogP contribution is 2.28.